The van der Waals surface area contributed by atoms with Crippen molar-refractivity contribution >= 4 is 17.3 Å². The Labute approximate surface area is 146 Å². The van der Waals surface area contributed by atoms with E-state index in [1.807, 2.05) is 36.4 Å². The Morgan fingerprint density at radius 2 is 1.96 bits per heavy atom. The molecular weight excluding hydrogens is 320 g/mol. The van der Waals surface area contributed by atoms with E-state index >= 15 is 0 Å². The number of nitrogens with zero attached hydrogens (tertiary/aromatic N) is 4. The zero-order valence-corrected chi connectivity index (χ0v) is 14.6. The fourth-order valence-corrected chi connectivity index (χ4v) is 3.47. The molecule has 1 aromatic carbocycles. The molecule has 0 N–H and O–H groups in total. The number of halogens is 1. The molecule has 1 aliphatic rings. The quantitative estimate of drug-likeness (QED) is 0.708. The van der Waals surface area contributed by atoms with Gasteiger partial charge >= 0.3 is 0 Å². The van der Waals surface area contributed by atoms with E-state index in [0.29, 0.717) is 0 Å². The summed E-state index contributed by atoms with van der Waals surface area (Å²) in [5.74, 6) is 0. The molecule has 122 valence electrons. The monoisotopic (exact) mass is 338 g/mol. The molecule has 5 heteroatoms. The highest BCUT2D eigenvalue weighted by Crippen LogP contribution is 2.29. The summed E-state index contributed by atoms with van der Waals surface area (Å²) in [6.45, 7) is 3.95. The van der Waals surface area contributed by atoms with Crippen LogP contribution >= 0.6 is 11.6 Å². The summed E-state index contributed by atoms with van der Waals surface area (Å²) in [7, 11) is 1.96. The van der Waals surface area contributed by atoms with Crippen LogP contribution in [0.1, 0.15) is 16.8 Å². The van der Waals surface area contributed by atoms with Crippen LogP contribution in [0.3, 0.4) is 0 Å². The van der Waals surface area contributed by atoms with Gasteiger partial charge in [-0.05, 0) is 42.7 Å². The second-order valence-corrected chi connectivity index (χ2v) is 6.72. The highest BCUT2D eigenvalue weighted by Gasteiger charge is 2.18. The lowest BCUT2D eigenvalue weighted by atomic mass is 9.99. The fourth-order valence-electron chi connectivity index (χ4n) is 3.27. The first-order valence-corrected chi connectivity index (χ1v) is 8.46. The third-order valence-corrected chi connectivity index (χ3v) is 5.05. The lowest BCUT2D eigenvalue weighted by molar-refractivity contribution is 0.730. The summed E-state index contributed by atoms with van der Waals surface area (Å²) >= 11 is 6.10. The van der Waals surface area contributed by atoms with Crippen molar-refractivity contribution < 1.29 is 0 Å². The second kappa shape index (κ2) is 5.95. The van der Waals surface area contributed by atoms with E-state index in [2.05, 4.69) is 40.1 Å². The van der Waals surface area contributed by atoms with Gasteiger partial charge in [0, 0.05) is 48.2 Å². The molecule has 2 aromatic heterocycles. The lowest BCUT2D eigenvalue weighted by Gasteiger charge is -2.30. The van der Waals surface area contributed by atoms with Crippen molar-refractivity contribution in [3.8, 4) is 11.1 Å². The first-order valence-electron chi connectivity index (χ1n) is 8.08. The van der Waals surface area contributed by atoms with Gasteiger partial charge in [0.05, 0.1) is 18.1 Å². The Hall–Kier alpha value is -2.33. The molecule has 3 aromatic rings. The SMILES string of the molecule is Cc1c(-c2cncc(N3CCc4cc(Cl)ccc4C3)c2)cnn1C. The molecule has 4 nitrogen and oxygen atoms in total. The van der Waals surface area contributed by atoms with Gasteiger partial charge in [-0.2, -0.15) is 5.10 Å². The summed E-state index contributed by atoms with van der Waals surface area (Å²) in [6.07, 6.45) is 6.76. The molecule has 0 unspecified atom stereocenters. The summed E-state index contributed by atoms with van der Waals surface area (Å²) in [5.41, 5.74) is 7.24. The van der Waals surface area contributed by atoms with Gasteiger partial charge in [0.1, 0.15) is 0 Å². The molecule has 0 bridgehead atoms. The molecule has 0 atom stereocenters. The minimum atomic E-state index is 0.818. The van der Waals surface area contributed by atoms with Gasteiger partial charge in [-0.1, -0.05) is 17.7 Å². The molecule has 4 rings (SSSR count). The van der Waals surface area contributed by atoms with Crippen LogP contribution in [-0.4, -0.2) is 21.3 Å². The fraction of sp³-hybridized carbons (Fsp3) is 0.263. The van der Waals surface area contributed by atoms with Crippen LogP contribution in [0.5, 0.6) is 0 Å². The van der Waals surface area contributed by atoms with Crippen LogP contribution in [-0.2, 0) is 20.0 Å². The standard InChI is InChI=1S/C19H19ClN4/c1-13-19(11-22-23(13)2)16-8-18(10-21-9-16)24-6-5-14-7-17(20)4-3-15(14)12-24/h3-4,7-11H,5-6,12H2,1-2H3. The Bertz CT molecular complexity index is 900. The molecule has 24 heavy (non-hydrogen) atoms. The lowest BCUT2D eigenvalue weighted by Crippen LogP contribution is -2.30. The first kappa shape index (κ1) is 15.2. The third-order valence-electron chi connectivity index (χ3n) is 4.82. The third kappa shape index (κ3) is 2.67. The molecule has 0 fully saturated rings. The zero-order chi connectivity index (χ0) is 16.7. The summed E-state index contributed by atoms with van der Waals surface area (Å²) < 4.78 is 1.89. The normalized spacial score (nSPS) is 13.9. The van der Waals surface area contributed by atoms with Crippen molar-refractivity contribution in [2.45, 2.75) is 19.9 Å². The average molecular weight is 339 g/mol. The van der Waals surface area contributed by atoms with Crippen molar-refractivity contribution in [3.05, 3.63) is 64.7 Å². The van der Waals surface area contributed by atoms with E-state index < -0.39 is 0 Å². The number of hydrogen-bond donors (Lipinski definition) is 0. The molecule has 0 saturated carbocycles. The maximum atomic E-state index is 6.10. The Morgan fingerprint density at radius 3 is 2.75 bits per heavy atom. The number of fused-ring (bicyclic) bond motifs is 1. The van der Waals surface area contributed by atoms with Crippen LogP contribution < -0.4 is 4.90 Å². The number of rotatable bonds is 2. The largest absolute Gasteiger partial charge is 0.366 e. The summed E-state index contributed by atoms with van der Waals surface area (Å²) in [4.78, 5) is 6.83. The Morgan fingerprint density at radius 1 is 1.08 bits per heavy atom. The number of pyridine rings is 1. The Balaban J connectivity index is 1.65. The van der Waals surface area contributed by atoms with Gasteiger partial charge < -0.3 is 4.90 Å². The minimum Gasteiger partial charge on any atom is -0.366 e. The van der Waals surface area contributed by atoms with E-state index in [0.717, 1.165) is 47.0 Å². The Kier molecular flexibility index (Phi) is 3.77. The van der Waals surface area contributed by atoms with E-state index in [4.69, 9.17) is 11.6 Å². The van der Waals surface area contributed by atoms with Crippen molar-refractivity contribution in [3.63, 3.8) is 0 Å². The van der Waals surface area contributed by atoms with Gasteiger partial charge in [0.15, 0.2) is 0 Å². The average Bonchev–Trinajstić information content (AvgIpc) is 2.94. The zero-order valence-electron chi connectivity index (χ0n) is 13.8. The molecular formula is C19H19ClN4. The molecule has 0 amide bonds. The maximum Gasteiger partial charge on any atom is 0.0571 e. The van der Waals surface area contributed by atoms with Crippen molar-refractivity contribution in [1.29, 1.82) is 0 Å². The second-order valence-electron chi connectivity index (χ2n) is 6.28. The van der Waals surface area contributed by atoms with Crippen LogP contribution in [0.25, 0.3) is 11.1 Å². The van der Waals surface area contributed by atoms with Gasteiger partial charge in [-0.25, -0.2) is 0 Å². The molecule has 0 aliphatic carbocycles. The van der Waals surface area contributed by atoms with Crippen LogP contribution in [0.15, 0.2) is 42.9 Å². The number of aromatic nitrogens is 3. The van der Waals surface area contributed by atoms with Crippen LogP contribution in [0.2, 0.25) is 5.02 Å². The van der Waals surface area contributed by atoms with Gasteiger partial charge in [0.2, 0.25) is 0 Å². The molecule has 1 aliphatic heterocycles. The highest BCUT2D eigenvalue weighted by atomic mass is 35.5. The number of anilines is 1. The summed E-state index contributed by atoms with van der Waals surface area (Å²) in [6, 6.07) is 8.39. The van der Waals surface area contributed by atoms with Gasteiger partial charge in [-0.15, -0.1) is 0 Å². The summed E-state index contributed by atoms with van der Waals surface area (Å²) in [5, 5.41) is 5.15. The molecule has 0 radical (unpaired) electrons. The molecule has 0 spiro atoms. The topological polar surface area (TPSA) is 34.0 Å². The number of benzene rings is 1. The van der Waals surface area contributed by atoms with Gasteiger partial charge in [0.25, 0.3) is 0 Å². The predicted molar refractivity (Wildman–Crippen MR) is 97.4 cm³/mol. The number of hydrogen-bond acceptors (Lipinski definition) is 3. The van der Waals surface area contributed by atoms with Crippen LogP contribution in [0.4, 0.5) is 5.69 Å². The minimum absolute atomic E-state index is 0.818. The van der Waals surface area contributed by atoms with Crippen molar-refractivity contribution in [1.82, 2.24) is 14.8 Å². The maximum absolute atomic E-state index is 6.10. The number of aryl methyl sites for hydroxylation is 1. The van der Waals surface area contributed by atoms with Crippen molar-refractivity contribution in [2.24, 2.45) is 7.05 Å². The van der Waals surface area contributed by atoms with E-state index in [9.17, 15) is 0 Å². The van der Waals surface area contributed by atoms with E-state index in [1.54, 1.807) is 0 Å². The molecule has 0 saturated heterocycles. The van der Waals surface area contributed by atoms with Gasteiger partial charge in [-0.3, -0.25) is 9.67 Å². The smallest absolute Gasteiger partial charge is 0.0571 e. The van der Waals surface area contributed by atoms with E-state index in [1.165, 1.54) is 11.1 Å². The predicted octanol–water partition coefficient (Wildman–Crippen LogP) is 4.01. The van der Waals surface area contributed by atoms with Crippen LogP contribution in [0, 0.1) is 6.92 Å². The highest BCUT2D eigenvalue weighted by molar-refractivity contribution is 6.30. The van der Waals surface area contributed by atoms with Crippen molar-refractivity contribution in [2.75, 3.05) is 11.4 Å². The van der Waals surface area contributed by atoms with E-state index in [-0.39, 0.29) is 0 Å². The first-order chi connectivity index (χ1) is 11.6. The molecule has 3 heterocycles.